The Labute approximate surface area is 191 Å². The van der Waals surface area contributed by atoms with Crippen molar-refractivity contribution in [2.75, 3.05) is 48.0 Å². The minimum atomic E-state index is 0.120. The standard InChI is InChI=1S/C25H36N4O3/c1-18-10-11-19(24(14-18)32-20-12-13-31-17-20)15-27-25(26-2)28-16-22(29(3)4)21-8-6-7-9-23(21)30-5/h6-11,14,20,22H,12-13,15-17H2,1-5H3,(H2,26,27,28). The zero-order valence-electron chi connectivity index (χ0n) is 19.9. The zero-order valence-corrected chi connectivity index (χ0v) is 19.9. The molecule has 0 radical (unpaired) electrons. The summed E-state index contributed by atoms with van der Waals surface area (Å²) in [5.41, 5.74) is 3.41. The van der Waals surface area contributed by atoms with Gasteiger partial charge >= 0.3 is 0 Å². The second-order valence-electron chi connectivity index (χ2n) is 8.24. The van der Waals surface area contributed by atoms with Gasteiger partial charge in [-0.15, -0.1) is 0 Å². The number of methoxy groups -OCH3 is 1. The normalized spacial score (nSPS) is 17.3. The van der Waals surface area contributed by atoms with Crippen molar-refractivity contribution in [2.24, 2.45) is 4.99 Å². The van der Waals surface area contributed by atoms with Crippen LogP contribution in [0.15, 0.2) is 47.5 Å². The molecule has 7 heteroatoms. The van der Waals surface area contributed by atoms with E-state index in [4.69, 9.17) is 14.2 Å². The molecule has 1 saturated heterocycles. The third-order valence-electron chi connectivity index (χ3n) is 5.66. The van der Waals surface area contributed by atoms with Crippen LogP contribution >= 0.6 is 0 Å². The summed E-state index contributed by atoms with van der Waals surface area (Å²) in [6.45, 7) is 4.79. The third kappa shape index (κ3) is 6.37. The Bertz CT molecular complexity index is 895. The maximum absolute atomic E-state index is 6.22. The Balaban J connectivity index is 1.63. The van der Waals surface area contributed by atoms with Crippen LogP contribution in [0.3, 0.4) is 0 Å². The minimum absolute atomic E-state index is 0.120. The summed E-state index contributed by atoms with van der Waals surface area (Å²) in [6.07, 6.45) is 1.05. The molecule has 1 heterocycles. The van der Waals surface area contributed by atoms with E-state index in [1.54, 1.807) is 14.2 Å². The number of ether oxygens (including phenoxy) is 3. The largest absolute Gasteiger partial charge is 0.496 e. The number of nitrogens with zero attached hydrogens (tertiary/aromatic N) is 2. The van der Waals surface area contributed by atoms with Crippen molar-refractivity contribution in [3.05, 3.63) is 59.2 Å². The van der Waals surface area contributed by atoms with Gasteiger partial charge in [0.05, 0.1) is 26.4 Å². The van der Waals surface area contributed by atoms with Gasteiger partial charge in [0.2, 0.25) is 0 Å². The Morgan fingerprint density at radius 1 is 1.19 bits per heavy atom. The van der Waals surface area contributed by atoms with E-state index in [-0.39, 0.29) is 12.1 Å². The number of aliphatic imine (C=N–C) groups is 1. The van der Waals surface area contributed by atoms with Crippen molar-refractivity contribution in [1.29, 1.82) is 0 Å². The lowest BCUT2D eigenvalue weighted by Gasteiger charge is -2.27. The minimum Gasteiger partial charge on any atom is -0.496 e. The van der Waals surface area contributed by atoms with Gasteiger partial charge in [-0.25, -0.2) is 0 Å². The third-order valence-corrected chi connectivity index (χ3v) is 5.66. The van der Waals surface area contributed by atoms with Crippen molar-refractivity contribution in [2.45, 2.75) is 32.0 Å². The molecular formula is C25H36N4O3. The lowest BCUT2D eigenvalue weighted by Crippen LogP contribution is -2.41. The number of rotatable bonds is 9. The van der Waals surface area contributed by atoms with Crippen LogP contribution in [0.25, 0.3) is 0 Å². The van der Waals surface area contributed by atoms with Gasteiger partial charge in [-0.2, -0.15) is 0 Å². The summed E-state index contributed by atoms with van der Waals surface area (Å²) in [7, 11) is 7.62. The molecule has 2 N–H and O–H groups in total. The predicted molar refractivity (Wildman–Crippen MR) is 129 cm³/mol. The number of benzene rings is 2. The van der Waals surface area contributed by atoms with E-state index >= 15 is 0 Å². The highest BCUT2D eigenvalue weighted by Crippen LogP contribution is 2.27. The highest BCUT2D eigenvalue weighted by molar-refractivity contribution is 5.79. The average molecular weight is 441 g/mol. The van der Waals surface area contributed by atoms with Crippen LogP contribution in [-0.4, -0.2) is 65.0 Å². The lowest BCUT2D eigenvalue weighted by molar-refractivity contribution is 0.140. The number of hydrogen-bond acceptors (Lipinski definition) is 5. The molecule has 2 atom stereocenters. The molecule has 2 unspecified atom stereocenters. The van der Waals surface area contributed by atoms with Gasteiger partial charge in [0.15, 0.2) is 5.96 Å². The second-order valence-corrected chi connectivity index (χ2v) is 8.24. The molecule has 2 aromatic rings. The maximum atomic E-state index is 6.22. The summed E-state index contributed by atoms with van der Waals surface area (Å²) >= 11 is 0. The van der Waals surface area contributed by atoms with E-state index in [1.807, 2.05) is 18.2 Å². The van der Waals surface area contributed by atoms with Crippen LogP contribution in [0.2, 0.25) is 0 Å². The van der Waals surface area contributed by atoms with Gasteiger partial charge in [-0.05, 0) is 38.7 Å². The summed E-state index contributed by atoms with van der Waals surface area (Å²) in [4.78, 5) is 6.58. The van der Waals surface area contributed by atoms with Gasteiger partial charge in [-0.1, -0.05) is 30.3 Å². The van der Waals surface area contributed by atoms with Gasteiger partial charge in [0, 0.05) is 37.7 Å². The van der Waals surface area contributed by atoms with Gasteiger partial charge in [0.25, 0.3) is 0 Å². The molecule has 0 spiro atoms. The highest BCUT2D eigenvalue weighted by atomic mass is 16.5. The van der Waals surface area contributed by atoms with Gasteiger partial charge in [0.1, 0.15) is 17.6 Å². The molecule has 1 aliphatic heterocycles. The number of likely N-dealkylation sites (N-methyl/N-ethyl adjacent to an activating group) is 1. The molecule has 7 nitrogen and oxygen atoms in total. The number of hydrogen-bond donors (Lipinski definition) is 2. The van der Waals surface area contributed by atoms with E-state index < -0.39 is 0 Å². The van der Waals surface area contributed by atoms with Gasteiger partial charge < -0.3 is 29.7 Å². The molecule has 0 saturated carbocycles. The smallest absolute Gasteiger partial charge is 0.191 e. The van der Waals surface area contributed by atoms with E-state index in [0.717, 1.165) is 41.6 Å². The van der Waals surface area contributed by atoms with E-state index in [0.29, 0.717) is 19.7 Å². The molecule has 174 valence electrons. The van der Waals surface area contributed by atoms with E-state index in [1.165, 1.54) is 5.56 Å². The summed E-state index contributed by atoms with van der Waals surface area (Å²) < 4.78 is 17.2. The average Bonchev–Trinajstić information content (AvgIpc) is 3.30. The monoisotopic (exact) mass is 440 g/mol. The first-order chi connectivity index (χ1) is 15.5. The van der Waals surface area contributed by atoms with E-state index in [2.05, 4.69) is 65.8 Å². The first-order valence-corrected chi connectivity index (χ1v) is 11.1. The SMILES string of the molecule is CN=C(NCc1ccc(C)cc1OC1CCOC1)NCC(c1ccccc1OC)N(C)C. The molecule has 0 bridgehead atoms. The Morgan fingerprint density at radius 2 is 2.00 bits per heavy atom. The first-order valence-electron chi connectivity index (χ1n) is 11.1. The second kappa shape index (κ2) is 11.7. The fraction of sp³-hybridized carbons (Fsp3) is 0.480. The molecule has 2 aromatic carbocycles. The Morgan fingerprint density at radius 3 is 2.69 bits per heavy atom. The fourth-order valence-corrected chi connectivity index (χ4v) is 3.81. The molecule has 1 fully saturated rings. The van der Waals surface area contributed by atoms with Crippen LogP contribution in [-0.2, 0) is 11.3 Å². The number of guanidine groups is 1. The molecule has 0 aromatic heterocycles. The molecule has 32 heavy (non-hydrogen) atoms. The van der Waals surface area contributed by atoms with E-state index in [9.17, 15) is 0 Å². The summed E-state index contributed by atoms with van der Waals surface area (Å²) in [5.74, 6) is 2.53. The highest BCUT2D eigenvalue weighted by Gasteiger charge is 2.20. The number of nitrogens with one attached hydrogen (secondary N) is 2. The molecule has 0 aliphatic carbocycles. The van der Waals surface area contributed by atoms with Crippen molar-refractivity contribution in [1.82, 2.24) is 15.5 Å². The van der Waals surface area contributed by atoms with Crippen LogP contribution in [0, 0.1) is 6.92 Å². The molecular weight excluding hydrogens is 404 g/mol. The topological polar surface area (TPSA) is 67.4 Å². The molecule has 0 amide bonds. The van der Waals surface area contributed by atoms with Crippen molar-refractivity contribution < 1.29 is 14.2 Å². The lowest BCUT2D eigenvalue weighted by atomic mass is 10.0. The van der Waals surface area contributed by atoms with Crippen LogP contribution < -0.4 is 20.1 Å². The van der Waals surface area contributed by atoms with Crippen molar-refractivity contribution in [3.8, 4) is 11.5 Å². The Kier molecular flexibility index (Phi) is 8.76. The van der Waals surface area contributed by atoms with Crippen LogP contribution in [0.5, 0.6) is 11.5 Å². The van der Waals surface area contributed by atoms with Crippen molar-refractivity contribution >= 4 is 5.96 Å². The maximum Gasteiger partial charge on any atom is 0.191 e. The number of aryl methyl sites for hydroxylation is 1. The van der Waals surface area contributed by atoms with Crippen LogP contribution in [0.4, 0.5) is 0 Å². The predicted octanol–water partition coefficient (Wildman–Crippen LogP) is 3.14. The fourth-order valence-electron chi connectivity index (χ4n) is 3.81. The number of para-hydroxylation sites is 1. The molecule has 1 aliphatic rings. The summed E-state index contributed by atoms with van der Waals surface area (Å²) in [6, 6.07) is 14.6. The summed E-state index contributed by atoms with van der Waals surface area (Å²) in [5, 5.41) is 6.88. The van der Waals surface area contributed by atoms with Crippen molar-refractivity contribution in [3.63, 3.8) is 0 Å². The Hall–Kier alpha value is -2.77. The van der Waals surface area contributed by atoms with Gasteiger partial charge in [-0.3, -0.25) is 4.99 Å². The first kappa shape index (κ1) is 23.9. The van der Waals surface area contributed by atoms with Crippen LogP contribution in [0.1, 0.15) is 29.2 Å². The quantitative estimate of drug-likeness (QED) is 0.461. The zero-order chi connectivity index (χ0) is 22.9. The molecule has 3 rings (SSSR count).